The van der Waals surface area contributed by atoms with Crippen LogP contribution in [0, 0.1) is 11.8 Å². The summed E-state index contributed by atoms with van der Waals surface area (Å²) in [7, 11) is 3.19. The van der Waals surface area contributed by atoms with Crippen molar-refractivity contribution in [2.45, 2.75) is 26.7 Å². The zero-order valence-electron chi connectivity index (χ0n) is 14.6. The van der Waals surface area contributed by atoms with Crippen molar-refractivity contribution in [1.29, 1.82) is 0 Å². The number of nitrogens with zero attached hydrogens (tertiary/aromatic N) is 1. The lowest BCUT2D eigenvalue weighted by molar-refractivity contribution is -0.116. The summed E-state index contributed by atoms with van der Waals surface area (Å²) in [5.41, 5.74) is 0.650. The van der Waals surface area contributed by atoms with E-state index in [0.29, 0.717) is 35.4 Å². The van der Waals surface area contributed by atoms with Crippen molar-refractivity contribution in [3.05, 3.63) is 18.2 Å². The summed E-state index contributed by atoms with van der Waals surface area (Å²) >= 11 is 0. The third kappa shape index (κ3) is 5.13. The highest BCUT2D eigenvalue weighted by atomic mass is 16.5. The van der Waals surface area contributed by atoms with Crippen LogP contribution in [0.5, 0.6) is 11.5 Å². The Morgan fingerprint density at radius 2 is 1.91 bits per heavy atom. The molecule has 128 valence electrons. The number of likely N-dealkylation sites (tertiary alicyclic amines) is 1. The van der Waals surface area contributed by atoms with Gasteiger partial charge in [-0.3, -0.25) is 4.79 Å². The first kappa shape index (κ1) is 17.6. The normalized spacial score (nSPS) is 21.7. The van der Waals surface area contributed by atoms with Gasteiger partial charge in [0.1, 0.15) is 11.5 Å². The van der Waals surface area contributed by atoms with Crippen LogP contribution < -0.4 is 14.8 Å². The molecule has 1 saturated heterocycles. The highest BCUT2D eigenvalue weighted by Gasteiger charge is 2.22. The first-order valence-electron chi connectivity index (χ1n) is 8.26. The van der Waals surface area contributed by atoms with Gasteiger partial charge in [-0.1, -0.05) is 13.8 Å². The van der Waals surface area contributed by atoms with Gasteiger partial charge in [0.25, 0.3) is 0 Å². The monoisotopic (exact) mass is 320 g/mol. The summed E-state index contributed by atoms with van der Waals surface area (Å²) < 4.78 is 10.5. The first-order valence-corrected chi connectivity index (χ1v) is 8.26. The van der Waals surface area contributed by atoms with Crippen LogP contribution in [-0.4, -0.2) is 44.7 Å². The fourth-order valence-corrected chi connectivity index (χ4v) is 3.36. The SMILES string of the molecule is COc1ccc(OC)c(NC(=O)CCN2C[C@H](C)C[C@@H](C)C2)c1. The number of piperidine rings is 1. The number of hydrogen-bond acceptors (Lipinski definition) is 4. The van der Waals surface area contributed by atoms with Crippen LogP contribution in [0.25, 0.3) is 0 Å². The zero-order chi connectivity index (χ0) is 16.8. The molecule has 23 heavy (non-hydrogen) atoms. The molecule has 5 nitrogen and oxygen atoms in total. The number of hydrogen-bond donors (Lipinski definition) is 1. The second-order valence-electron chi connectivity index (χ2n) is 6.57. The molecule has 5 heteroatoms. The van der Waals surface area contributed by atoms with Crippen molar-refractivity contribution in [3.63, 3.8) is 0 Å². The van der Waals surface area contributed by atoms with Gasteiger partial charge in [0.05, 0.1) is 19.9 Å². The quantitative estimate of drug-likeness (QED) is 0.875. The molecule has 0 saturated carbocycles. The highest BCUT2D eigenvalue weighted by molar-refractivity contribution is 5.92. The van der Waals surface area contributed by atoms with Crippen molar-refractivity contribution >= 4 is 11.6 Å². The Morgan fingerprint density at radius 3 is 2.52 bits per heavy atom. The van der Waals surface area contributed by atoms with Crippen molar-refractivity contribution < 1.29 is 14.3 Å². The van der Waals surface area contributed by atoms with Crippen LogP contribution in [0.2, 0.25) is 0 Å². The Morgan fingerprint density at radius 1 is 1.22 bits per heavy atom. The van der Waals surface area contributed by atoms with Gasteiger partial charge in [0, 0.05) is 32.1 Å². The van der Waals surface area contributed by atoms with Gasteiger partial charge in [-0.2, -0.15) is 0 Å². The minimum absolute atomic E-state index is 0.00225. The molecule has 1 N–H and O–H groups in total. The Kier molecular flexibility index (Phi) is 6.28. The lowest BCUT2D eigenvalue weighted by Crippen LogP contribution is -2.40. The van der Waals surface area contributed by atoms with E-state index in [1.54, 1.807) is 26.4 Å². The summed E-state index contributed by atoms with van der Waals surface area (Å²) in [6.07, 6.45) is 1.77. The van der Waals surface area contributed by atoms with E-state index in [2.05, 4.69) is 24.1 Å². The van der Waals surface area contributed by atoms with E-state index in [4.69, 9.17) is 9.47 Å². The molecule has 1 fully saturated rings. The van der Waals surface area contributed by atoms with Gasteiger partial charge in [0.2, 0.25) is 5.91 Å². The van der Waals surface area contributed by atoms with Gasteiger partial charge < -0.3 is 19.7 Å². The number of benzene rings is 1. The molecular weight excluding hydrogens is 292 g/mol. The van der Waals surface area contributed by atoms with Gasteiger partial charge in [-0.15, -0.1) is 0 Å². The fraction of sp³-hybridized carbons (Fsp3) is 0.611. The predicted octanol–water partition coefficient (Wildman–Crippen LogP) is 3.01. The van der Waals surface area contributed by atoms with Gasteiger partial charge in [-0.25, -0.2) is 0 Å². The van der Waals surface area contributed by atoms with Crippen LogP contribution in [0.4, 0.5) is 5.69 Å². The van der Waals surface area contributed by atoms with Gasteiger partial charge in [0.15, 0.2) is 0 Å². The molecule has 2 rings (SSSR count). The molecule has 0 aromatic heterocycles. The standard InChI is InChI=1S/C18H28N2O3/c1-13-9-14(2)12-20(11-13)8-7-18(21)19-16-10-15(22-3)5-6-17(16)23-4/h5-6,10,13-14H,7-9,11-12H2,1-4H3,(H,19,21)/t13-,14-/m1/s1. The largest absolute Gasteiger partial charge is 0.497 e. The molecule has 1 aliphatic rings. The Hall–Kier alpha value is -1.75. The number of anilines is 1. The molecule has 0 radical (unpaired) electrons. The number of nitrogens with one attached hydrogen (secondary N) is 1. The maximum atomic E-state index is 12.3. The summed E-state index contributed by atoms with van der Waals surface area (Å²) in [5.74, 6) is 2.75. The number of rotatable bonds is 6. The molecule has 0 unspecified atom stereocenters. The second-order valence-corrected chi connectivity index (χ2v) is 6.57. The molecule has 1 aromatic rings. The van der Waals surface area contributed by atoms with E-state index >= 15 is 0 Å². The number of methoxy groups -OCH3 is 2. The number of amides is 1. The number of carbonyl (C=O) groups excluding carboxylic acids is 1. The molecule has 1 aromatic carbocycles. The summed E-state index contributed by atoms with van der Waals surface area (Å²) in [6.45, 7) is 7.53. The van der Waals surface area contributed by atoms with Crippen LogP contribution in [0.1, 0.15) is 26.7 Å². The van der Waals surface area contributed by atoms with E-state index < -0.39 is 0 Å². The molecule has 1 amide bonds. The summed E-state index contributed by atoms with van der Waals surface area (Å²) in [6, 6.07) is 5.38. The number of ether oxygens (including phenoxy) is 2. The lowest BCUT2D eigenvalue weighted by Gasteiger charge is -2.34. The Bertz CT molecular complexity index is 523. The van der Waals surface area contributed by atoms with Crippen LogP contribution in [0.3, 0.4) is 0 Å². The maximum absolute atomic E-state index is 12.3. The van der Waals surface area contributed by atoms with Crippen molar-refractivity contribution in [2.24, 2.45) is 11.8 Å². The molecule has 0 bridgehead atoms. The smallest absolute Gasteiger partial charge is 0.225 e. The molecule has 2 atom stereocenters. The summed E-state index contributed by atoms with van der Waals surface area (Å²) in [5, 5.41) is 2.93. The number of carbonyl (C=O) groups is 1. The van der Waals surface area contributed by atoms with E-state index in [1.807, 2.05) is 6.07 Å². The van der Waals surface area contributed by atoms with E-state index in [0.717, 1.165) is 19.6 Å². The zero-order valence-corrected chi connectivity index (χ0v) is 14.6. The Balaban J connectivity index is 1.89. The first-order chi connectivity index (χ1) is 11.0. The third-order valence-electron chi connectivity index (χ3n) is 4.28. The van der Waals surface area contributed by atoms with Crippen LogP contribution in [0.15, 0.2) is 18.2 Å². The van der Waals surface area contributed by atoms with Crippen molar-refractivity contribution in [3.8, 4) is 11.5 Å². The van der Waals surface area contributed by atoms with Crippen LogP contribution >= 0.6 is 0 Å². The van der Waals surface area contributed by atoms with E-state index in [9.17, 15) is 4.79 Å². The van der Waals surface area contributed by atoms with Gasteiger partial charge >= 0.3 is 0 Å². The third-order valence-corrected chi connectivity index (χ3v) is 4.28. The summed E-state index contributed by atoms with van der Waals surface area (Å²) in [4.78, 5) is 14.6. The maximum Gasteiger partial charge on any atom is 0.225 e. The molecular formula is C18H28N2O3. The van der Waals surface area contributed by atoms with E-state index in [1.165, 1.54) is 6.42 Å². The van der Waals surface area contributed by atoms with Crippen molar-refractivity contribution in [2.75, 3.05) is 39.2 Å². The Labute approximate surface area is 139 Å². The molecule has 0 spiro atoms. The lowest BCUT2D eigenvalue weighted by atomic mass is 9.92. The predicted molar refractivity (Wildman–Crippen MR) is 92.2 cm³/mol. The average Bonchev–Trinajstić information content (AvgIpc) is 2.52. The topological polar surface area (TPSA) is 50.8 Å². The highest BCUT2D eigenvalue weighted by Crippen LogP contribution is 2.29. The van der Waals surface area contributed by atoms with E-state index in [-0.39, 0.29) is 5.91 Å². The van der Waals surface area contributed by atoms with Crippen LogP contribution in [-0.2, 0) is 4.79 Å². The second kappa shape index (κ2) is 8.20. The minimum atomic E-state index is 0.00225. The van der Waals surface area contributed by atoms with Gasteiger partial charge in [-0.05, 0) is 30.4 Å². The fourth-order valence-electron chi connectivity index (χ4n) is 3.36. The molecule has 1 aliphatic heterocycles. The molecule has 0 aliphatic carbocycles. The molecule has 1 heterocycles. The average molecular weight is 320 g/mol. The minimum Gasteiger partial charge on any atom is -0.497 e. The van der Waals surface area contributed by atoms with Crippen molar-refractivity contribution in [1.82, 2.24) is 4.90 Å².